The Labute approximate surface area is 216 Å². The van der Waals surface area contributed by atoms with Crippen LogP contribution in [0.5, 0.6) is 5.88 Å². The summed E-state index contributed by atoms with van der Waals surface area (Å²) in [5, 5.41) is 2.86. The zero-order chi connectivity index (χ0) is 25.5. The molecule has 1 aliphatic carbocycles. The van der Waals surface area contributed by atoms with Gasteiger partial charge in [-0.05, 0) is 45.2 Å². The first-order chi connectivity index (χ1) is 17.4. The molecule has 1 amide bonds. The number of rotatable bonds is 13. The molecule has 1 fully saturated rings. The summed E-state index contributed by atoms with van der Waals surface area (Å²) in [5.41, 5.74) is 1.49. The number of ether oxygens (including phenoxy) is 2. The standard InChI is InChI=1S/C23H28N6O5S2.2H2/c1-3-33-10-8-17(18-11-15(7-9-25-18)29-36(31,32)16-5-6-16)28-22(30)23-26-13-20(35-23)19-12-24-14-21(27-19)34-4-2;;/h7,9,11-14,16-17H,3-6,8,10H2,1-2H3,(H,25,29)(H,28,30);2*1H/t17-;;/m1../s1. The van der Waals surface area contributed by atoms with Gasteiger partial charge in [-0.15, -0.1) is 11.3 Å². The van der Waals surface area contributed by atoms with E-state index in [9.17, 15) is 13.2 Å². The van der Waals surface area contributed by atoms with Crippen molar-refractivity contribution in [3.8, 4) is 16.5 Å². The molecule has 2 N–H and O–H groups in total. The van der Waals surface area contributed by atoms with Gasteiger partial charge in [0.15, 0.2) is 5.01 Å². The van der Waals surface area contributed by atoms with Crippen LogP contribution in [0.4, 0.5) is 5.69 Å². The van der Waals surface area contributed by atoms with Crippen molar-refractivity contribution in [3.63, 3.8) is 0 Å². The maximum atomic E-state index is 13.1. The lowest BCUT2D eigenvalue weighted by Gasteiger charge is -2.18. The van der Waals surface area contributed by atoms with Crippen molar-refractivity contribution >= 4 is 33.0 Å². The number of thiazole rings is 1. The van der Waals surface area contributed by atoms with Crippen molar-refractivity contribution in [2.75, 3.05) is 24.5 Å². The summed E-state index contributed by atoms with van der Waals surface area (Å²) in [4.78, 5) is 30.9. The van der Waals surface area contributed by atoms with Crippen molar-refractivity contribution in [1.29, 1.82) is 0 Å². The summed E-state index contributed by atoms with van der Waals surface area (Å²) in [7, 11) is -3.42. The van der Waals surface area contributed by atoms with E-state index in [-0.39, 0.29) is 19.0 Å². The van der Waals surface area contributed by atoms with Crippen LogP contribution in [0.1, 0.15) is 57.5 Å². The highest BCUT2D eigenvalue weighted by molar-refractivity contribution is 7.93. The van der Waals surface area contributed by atoms with E-state index in [0.717, 1.165) is 0 Å². The van der Waals surface area contributed by atoms with Crippen molar-refractivity contribution in [2.45, 2.75) is 44.4 Å². The number of carbonyl (C=O) groups is 1. The Morgan fingerprint density at radius 2 is 2.06 bits per heavy atom. The second-order valence-electron chi connectivity index (χ2n) is 8.03. The fourth-order valence-corrected chi connectivity index (χ4v) is 5.52. The quantitative estimate of drug-likeness (QED) is 0.312. The van der Waals surface area contributed by atoms with Crippen LogP contribution in [-0.2, 0) is 14.8 Å². The summed E-state index contributed by atoms with van der Waals surface area (Å²) in [6.07, 6.45) is 7.98. The minimum atomic E-state index is -3.42. The van der Waals surface area contributed by atoms with Gasteiger partial charge in [0, 0.05) is 28.5 Å². The number of nitrogens with zero attached hydrogens (tertiary/aromatic N) is 4. The van der Waals surface area contributed by atoms with E-state index in [1.165, 1.54) is 23.7 Å². The molecule has 1 aliphatic rings. The smallest absolute Gasteiger partial charge is 0.280 e. The van der Waals surface area contributed by atoms with Crippen LogP contribution >= 0.6 is 11.3 Å². The highest BCUT2D eigenvalue weighted by atomic mass is 32.2. The predicted molar refractivity (Wildman–Crippen MR) is 140 cm³/mol. The Morgan fingerprint density at radius 3 is 2.81 bits per heavy atom. The number of aromatic nitrogens is 4. The second-order valence-corrected chi connectivity index (χ2v) is 11.0. The van der Waals surface area contributed by atoms with Crippen LogP contribution in [0, 0.1) is 0 Å². The van der Waals surface area contributed by atoms with E-state index in [2.05, 4.69) is 30.0 Å². The molecule has 0 saturated heterocycles. The molecule has 36 heavy (non-hydrogen) atoms. The number of amides is 1. The first kappa shape index (κ1) is 25.9. The zero-order valence-electron chi connectivity index (χ0n) is 20.0. The maximum absolute atomic E-state index is 13.1. The van der Waals surface area contributed by atoms with Gasteiger partial charge in [-0.2, -0.15) is 0 Å². The summed E-state index contributed by atoms with van der Waals surface area (Å²) in [6.45, 7) is 5.14. The van der Waals surface area contributed by atoms with Gasteiger partial charge < -0.3 is 14.8 Å². The Bertz CT molecular complexity index is 1310. The minimum Gasteiger partial charge on any atom is -0.477 e. The van der Waals surface area contributed by atoms with Crippen LogP contribution in [0.15, 0.2) is 36.9 Å². The van der Waals surface area contributed by atoms with Crippen molar-refractivity contribution < 1.29 is 25.5 Å². The summed E-state index contributed by atoms with van der Waals surface area (Å²) < 4.78 is 38.2. The second kappa shape index (κ2) is 11.7. The number of hydrogen-bond donors (Lipinski definition) is 2. The van der Waals surface area contributed by atoms with E-state index in [1.807, 2.05) is 13.8 Å². The van der Waals surface area contributed by atoms with E-state index in [1.54, 1.807) is 24.5 Å². The topological polar surface area (TPSA) is 145 Å². The Morgan fingerprint density at radius 1 is 1.22 bits per heavy atom. The lowest BCUT2D eigenvalue weighted by atomic mass is 10.1. The normalized spacial score (nSPS) is 14.3. The highest BCUT2D eigenvalue weighted by Gasteiger charge is 2.35. The van der Waals surface area contributed by atoms with Crippen LogP contribution in [0.25, 0.3) is 10.6 Å². The number of anilines is 1. The largest absolute Gasteiger partial charge is 0.477 e. The number of pyridine rings is 1. The first-order valence-corrected chi connectivity index (χ1v) is 14.0. The lowest BCUT2D eigenvalue weighted by Crippen LogP contribution is -2.30. The number of carbonyl (C=O) groups excluding carboxylic acids is 1. The number of nitrogens with one attached hydrogen (secondary N) is 2. The van der Waals surface area contributed by atoms with Crippen molar-refractivity contribution in [1.82, 2.24) is 25.3 Å². The van der Waals surface area contributed by atoms with Crippen molar-refractivity contribution in [3.05, 3.63) is 47.6 Å². The van der Waals surface area contributed by atoms with Crippen LogP contribution < -0.4 is 14.8 Å². The summed E-state index contributed by atoms with van der Waals surface area (Å²) >= 11 is 1.18. The van der Waals surface area contributed by atoms with Gasteiger partial charge in [-0.3, -0.25) is 19.5 Å². The number of sulfonamides is 1. The zero-order valence-corrected chi connectivity index (χ0v) is 21.6. The third kappa shape index (κ3) is 6.74. The maximum Gasteiger partial charge on any atom is 0.280 e. The van der Waals surface area contributed by atoms with E-state index in [0.29, 0.717) is 66.9 Å². The monoisotopic (exact) mass is 536 g/mol. The molecule has 0 unspecified atom stereocenters. The fraction of sp³-hybridized carbons (Fsp3) is 0.435. The molecule has 3 aromatic rings. The average molecular weight is 537 g/mol. The molecule has 1 atom stereocenters. The molecule has 3 aromatic heterocycles. The number of hydrogen-bond acceptors (Lipinski definition) is 10. The molecule has 11 nitrogen and oxygen atoms in total. The first-order valence-electron chi connectivity index (χ1n) is 11.7. The van der Waals surface area contributed by atoms with Gasteiger partial charge in [0.2, 0.25) is 15.9 Å². The van der Waals surface area contributed by atoms with Crippen LogP contribution in [-0.4, -0.2) is 59.3 Å². The van der Waals surface area contributed by atoms with Gasteiger partial charge in [0.1, 0.15) is 5.69 Å². The van der Waals surface area contributed by atoms with E-state index in [4.69, 9.17) is 9.47 Å². The Balaban J connectivity index is 0.00000253. The molecule has 0 bridgehead atoms. The molecule has 1 saturated carbocycles. The van der Waals surface area contributed by atoms with Gasteiger partial charge in [-0.1, -0.05) is 0 Å². The van der Waals surface area contributed by atoms with Crippen LogP contribution in [0.3, 0.4) is 0 Å². The molecular formula is C23H32N6O5S2. The van der Waals surface area contributed by atoms with E-state index < -0.39 is 16.1 Å². The molecular weight excluding hydrogens is 504 g/mol. The molecule has 0 radical (unpaired) electrons. The highest BCUT2D eigenvalue weighted by Crippen LogP contribution is 2.30. The molecule has 0 aromatic carbocycles. The molecule has 4 rings (SSSR count). The summed E-state index contributed by atoms with van der Waals surface area (Å²) in [6, 6.07) is 2.72. The van der Waals surface area contributed by atoms with E-state index >= 15 is 0 Å². The summed E-state index contributed by atoms with van der Waals surface area (Å²) in [5.74, 6) is 0.0149. The molecule has 196 valence electrons. The third-order valence-corrected chi connectivity index (χ3v) is 8.17. The molecule has 0 aliphatic heterocycles. The van der Waals surface area contributed by atoms with Gasteiger partial charge >= 0.3 is 0 Å². The molecule has 0 spiro atoms. The third-order valence-electron chi connectivity index (χ3n) is 5.28. The van der Waals surface area contributed by atoms with Crippen LogP contribution in [0.2, 0.25) is 0 Å². The van der Waals surface area contributed by atoms with Crippen molar-refractivity contribution in [2.24, 2.45) is 0 Å². The predicted octanol–water partition coefficient (Wildman–Crippen LogP) is 3.69. The Hall–Kier alpha value is -3.16. The average Bonchev–Trinajstić information content (AvgIpc) is 3.62. The fourth-order valence-electron chi connectivity index (χ4n) is 3.37. The van der Waals surface area contributed by atoms with Gasteiger partial charge in [-0.25, -0.2) is 18.4 Å². The SMILES string of the molecule is CCOCC[C@@H](NC(=O)c1ncc(-c2cncc(OCC)n2)s1)c1cc(NS(=O)(=O)C2CC2)ccn1.[HH].[HH]. The minimum absolute atomic E-state index is 0. The lowest BCUT2D eigenvalue weighted by molar-refractivity contribution is 0.0912. The van der Waals surface area contributed by atoms with Gasteiger partial charge in [0.25, 0.3) is 5.91 Å². The molecule has 13 heteroatoms. The molecule has 3 heterocycles. The Kier molecular flexibility index (Phi) is 8.44. The van der Waals surface area contributed by atoms with Gasteiger partial charge in [0.05, 0.1) is 46.6 Å².